The van der Waals surface area contributed by atoms with Crippen LogP contribution in [-0.4, -0.2) is 65.8 Å². The van der Waals surface area contributed by atoms with Crippen molar-refractivity contribution in [2.45, 2.75) is 31.1 Å². The van der Waals surface area contributed by atoms with Crippen molar-refractivity contribution in [3.63, 3.8) is 0 Å². The first-order valence-corrected chi connectivity index (χ1v) is 11.0. The number of nitrogens with two attached hydrogens (primary N) is 1. The fourth-order valence-electron chi connectivity index (χ4n) is 4.29. The summed E-state index contributed by atoms with van der Waals surface area (Å²) in [6.07, 6.45) is 0.834. The van der Waals surface area contributed by atoms with Crippen LogP contribution >= 0.6 is 0 Å². The Morgan fingerprint density at radius 3 is 2.77 bits per heavy atom. The van der Waals surface area contributed by atoms with Gasteiger partial charge in [0.1, 0.15) is 17.3 Å². The molecule has 2 aromatic rings. The van der Waals surface area contributed by atoms with Crippen molar-refractivity contribution in [1.82, 2.24) is 20.1 Å². The fraction of sp³-hybridized carbons (Fsp3) is 0.409. The van der Waals surface area contributed by atoms with Crippen LogP contribution in [0.4, 0.5) is 20.7 Å². The zero-order valence-electron chi connectivity index (χ0n) is 19.1. The highest BCUT2D eigenvalue weighted by molar-refractivity contribution is 6.00. The second-order valence-electron chi connectivity index (χ2n) is 8.35. The molecule has 35 heavy (non-hydrogen) atoms. The molecule has 0 radical (unpaired) electrons. The molecule has 4 N–H and O–H groups in total. The van der Waals surface area contributed by atoms with Gasteiger partial charge < -0.3 is 10.5 Å². The Morgan fingerprint density at radius 1 is 1.40 bits per heavy atom. The van der Waals surface area contributed by atoms with Gasteiger partial charge in [0.2, 0.25) is 0 Å². The third kappa shape index (κ3) is 4.93. The number of carbonyl (C=O) groups is 2. The van der Waals surface area contributed by atoms with Gasteiger partial charge in [-0.15, -0.1) is 0 Å². The Bertz CT molecular complexity index is 1160. The number of halogens is 1. The van der Waals surface area contributed by atoms with Crippen LogP contribution in [-0.2, 0) is 16.8 Å². The van der Waals surface area contributed by atoms with Crippen LogP contribution in [0.5, 0.6) is 0 Å². The SMILES string of the molecule is COC(=O)Nc1nn(C2(CC#N)CCN(Cc3ccc(N4N=CCN4)cc3)CC2F)cc1C(N)=O. The predicted molar refractivity (Wildman–Crippen MR) is 125 cm³/mol. The molecule has 13 heteroatoms. The number of carbonyl (C=O) groups excluding carboxylic acids is 2. The number of hydrazine groups is 1. The van der Waals surface area contributed by atoms with E-state index in [1.54, 1.807) is 11.3 Å². The molecule has 2 amide bonds. The van der Waals surface area contributed by atoms with Crippen molar-refractivity contribution in [2.24, 2.45) is 10.8 Å². The molecule has 2 aliphatic heterocycles. The molecule has 4 rings (SSSR count). The molecule has 2 atom stereocenters. The van der Waals surface area contributed by atoms with Crippen molar-refractivity contribution >= 4 is 29.7 Å². The maximum absolute atomic E-state index is 15.8. The molecule has 2 aliphatic rings. The summed E-state index contributed by atoms with van der Waals surface area (Å²) in [4.78, 5) is 25.5. The quantitative estimate of drug-likeness (QED) is 0.533. The Balaban J connectivity index is 1.50. The van der Waals surface area contributed by atoms with Crippen LogP contribution in [0.15, 0.2) is 35.6 Å². The molecule has 2 unspecified atom stereocenters. The van der Waals surface area contributed by atoms with E-state index in [0.29, 0.717) is 19.6 Å². The minimum atomic E-state index is -1.47. The lowest BCUT2D eigenvalue weighted by Crippen LogP contribution is -2.54. The summed E-state index contributed by atoms with van der Waals surface area (Å²) >= 11 is 0. The highest BCUT2D eigenvalue weighted by Gasteiger charge is 2.46. The Morgan fingerprint density at radius 2 is 2.17 bits per heavy atom. The maximum Gasteiger partial charge on any atom is 0.412 e. The lowest BCUT2D eigenvalue weighted by atomic mass is 9.83. The highest BCUT2D eigenvalue weighted by atomic mass is 19.1. The van der Waals surface area contributed by atoms with Gasteiger partial charge >= 0.3 is 6.09 Å². The molecular formula is C22H26FN9O3. The Hall–Kier alpha value is -4.02. The van der Waals surface area contributed by atoms with Gasteiger partial charge in [-0.2, -0.15) is 20.6 Å². The van der Waals surface area contributed by atoms with Crippen LogP contribution < -0.4 is 21.6 Å². The molecule has 0 saturated carbocycles. The van der Waals surface area contributed by atoms with Gasteiger partial charge in [0.15, 0.2) is 5.82 Å². The van der Waals surface area contributed by atoms with E-state index in [4.69, 9.17) is 5.73 Å². The van der Waals surface area contributed by atoms with Crippen molar-refractivity contribution in [3.05, 3.63) is 41.6 Å². The lowest BCUT2D eigenvalue weighted by Gasteiger charge is -2.43. The van der Waals surface area contributed by atoms with Crippen LogP contribution in [0.2, 0.25) is 0 Å². The first kappa shape index (κ1) is 24.1. The number of piperidine rings is 1. The standard InChI is InChI=1S/C22H26FN9O3/c1-35-21(34)28-20-17(19(25)33)13-31(29-20)22(6-8-24)7-11-30(14-18(22)23)12-15-2-4-16(5-3-15)32-26-9-10-27-32/h2-5,9,13,18,27H,6-7,10-12,14H2,1H3,(H2,25,33)(H,28,29,34). The summed E-state index contributed by atoms with van der Waals surface area (Å²) in [6.45, 7) is 1.76. The molecule has 12 nitrogen and oxygen atoms in total. The van der Waals surface area contributed by atoms with E-state index in [0.717, 1.165) is 18.4 Å². The van der Waals surface area contributed by atoms with Crippen molar-refractivity contribution < 1.29 is 18.7 Å². The third-order valence-corrected chi connectivity index (χ3v) is 6.21. The summed E-state index contributed by atoms with van der Waals surface area (Å²) in [5, 5.41) is 21.9. The fourth-order valence-corrected chi connectivity index (χ4v) is 4.29. The van der Waals surface area contributed by atoms with Crippen molar-refractivity contribution in [2.75, 3.05) is 37.2 Å². The summed E-state index contributed by atoms with van der Waals surface area (Å²) in [6, 6.07) is 9.85. The number of nitrogens with zero attached hydrogens (tertiary/aromatic N) is 6. The number of anilines is 2. The first-order valence-electron chi connectivity index (χ1n) is 11.0. The van der Waals surface area contributed by atoms with Gasteiger partial charge in [0, 0.05) is 32.0 Å². The molecule has 184 valence electrons. The molecular weight excluding hydrogens is 457 g/mol. The van der Waals surface area contributed by atoms with Gasteiger partial charge in [0.25, 0.3) is 5.91 Å². The number of hydrazone groups is 1. The normalized spacial score (nSPS) is 22.1. The van der Waals surface area contributed by atoms with E-state index in [9.17, 15) is 14.9 Å². The molecule has 3 heterocycles. The van der Waals surface area contributed by atoms with Gasteiger partial charge in [-0.1, -0.05) is 12.1 Å². The van der Waals surface area contributed by atoms with Gasteiger partial charge in [0.05, 0.1) is 31.8 Å². The van der Waals surface area contributed by atoms with E-state index < -0.39 is 23.7 Å². The molecule has 0 spiro atoms. The van der Waals surface area contributed by atoms with Crippen molar-refractivity contribution in [1.29, 1.82) is 5.26 Å². The topological polar surface area (TPSA) is 154 Å². The van der Waals surface area contributed by atoms with Gasteiger partial charge in [-0.3, -0.25) is 19.7 Å². The minimum Gasteiger partial charge on any atom is -0.453 e. The number of benzene rings is 1. The number of methoxy groups -OCH3 is 1. The number of nitriles is 1. The molecule has 1 fully saturated rings. The number of ether oxygens (including phenoxy) is 1. The number of alkyl halides is 1. The van der Waals surface area contributed by atoms with Crippen molar-refractivity contribution in [3.8, 4) is 6.07 Å². The number of nitrogens with one attached hydrogen (secondary N) is 2. The monoisotopic (exact) mass is 483 g/mol. The summed E-state index contributed by atoms with van der Waals surface area (Å²) in [7, 11) is 1.16. The van der Waals surface area contributed by atoms with E-state index in [1.807, 2.05) is 35.2 Å². The average molecular weight is 484 g/mol. The number of rotatable bonds is 7. The van der Waals surface area contributed by atoms with E-state index in [1.165, 1.54) is 10.9 Å². The van der Waals surface area contributed by atoms with Crippen LogP contribution in [0.3, 0.4) is 0 Å². The summed E-state index contributed by atoms with van der Waals surface area (Å²) < 4.78 is 21.6. The zero-order valence-corrected chi connectivity index (χ0v) is 19.1. The Kier molecular flexibility index (Phi) is 6.94. The maximum atomic E-state index is 15.8. The van der Waals surface area contributed by atoms with E-state index in [2.05, 4.69) is 25.7 Å². The number of hydrogen-bond acceptors (Lipinski definition) is 9. The molecule has 1 aromatic carbocycles. The largest absolute Gasteiger partial charge is 0.453 e. The molecule has 0 bridgehead atoms. The highest BCUT2D eigenvalue weighted by Crippen LogP contribution is 2.37. The lowest BCUT2D eigenvalue weighted by molar-refractivity contribution is 0.00694. The van der Waals surface area contributed by atoms with Gasteiger partial charge in [-0.05, 0) is 24.1 Å². The zero-order chi connectivity index (χ0) is 25.0. The van der Waals surface area contributed by atoms with E-state index in [-0.39, 0.29) is 30.8 Å². The third-order valence-electron chi connectivity index (χ3n) is 6.21. The number of likely N-dealkylation sites (tertiary alicyclic amines) is 1. The molecule has 0 aliphatic carbocycles. The number of primary amides is 1. The number of hydrogen-bond donors (Lipinski definition) is 3. The predicted octanol–water partition coefficient (Wildman–Crippen LogP) is 1.32. The van der Waals surface area contributed by atoms with Crippen LogP contribution in [0.1, 0.15) is 28.8 Å². The minimum absolute atomic E-state index is 0.0624. The number of aromatic nitrogens is 2. The Labute approximate surface area is 201 Å². The first-order chi connectivity index (χ1) is 16.9. The molecule has 1 aromatic heterocycles. The average Bonchev–Trinajstić information content (AvgIpc) is 3.52. The second kappa shape index (κ2) is 10.1. The van der Waals surface area contributed by atoms with Gasteiger partial charge in [-0.25, -0.2) is 14.6 Å². The van der Waals surface area contributed by atoms with Crippen LogP contribution in [0, 0.1) is 11.3 Å². The van der Waals surface area contributed by atoms with Crippen LogP contribution in [0.25, 0.3) is 0 Å². The summed E-state index contributed by atoms with van der Waals surface area (Å²) in [5.74, 6) is -0.992. The second-order valence-corrected chi connectivity index (χ2v) is 8.35. The van der Waals surface area contributed by atoms with E-state index >= 15 is 4.39 Å². The molecule has 1 saturated heterocycles. The smallest absolute Gasteiger partial charge is 0.412 e. The number of amides is 2. The summed E-state index contributed by atoms with van der Waals surface area (Å²) in [5.41, 5.74) is 9.02.